The molecule has 4 saturated carbocycles. The summed E-state index contributed by atoms with van der Waals surface area (Å²) in [5.74, 6) is -6.89. The molecule has 12 nitrogen and oxygen atoms in total. The first-order chi connectivity index (χ1) is 21.8. The topological polar surface area (TPSA) is 169 Å². The maximum Gasteiger partial charge on any atom is 0.344 e. The Labute approximate surface area is 273 Å². The van der Waals surface area contributed by atoms with Gasteiger partial charge in [-0.3, -0.25) is 19.2 Å². The quantitative estimate of drug-likeness (QED) is 0.336. The van der Waals surface area contributed by atoms with Crippen LogP contribution in [0, 0.1) is 34.5 Å². The zero-order chi connectivity index (χ0) is 34.7. The fraction of sp³-hybridized carbons (Fsp3) is 0.657. The lowest BCUT2D eigenvalue weighted by molar-refractivity contribution is -0.219. The minimum atomic E-state index is -1.99. The number of Topliss-reactive ketones (excluding diaryl/α,β-unsaturated/α-hetero) is 1. The minimum Gasteiger partial charge on any atom is -0.459 e. The second-order valence-corrected chi connectivity index (χ2v) is 14.8. The molecule has 4 fully saturated rings. The highest BCUT2D eigenvalue weighted by Gasteiger charge is 2.77. The number of esters is 5. The van der Waals surface area contributed by atoms with Gasteiger partial charge in [0.1, 0.15) is 23.6 Å². The van der Waals surface area contributed by atoms with E-state index >= 15 is 0 Å². The Hall–Kier alpha value is -3.80. The summed E-state index contributed by atoms with van der Waals surface area (Å²) in [7, 11) is 0. The van der Waals surface area contributed by atoms with Gasteiger partial charge in [-0.1, -0.05) is 45.9 Å². The third-order valence-corrected chi connectivity index (χ3v) is 10.9. The van der Waals surface area contributed by atoms with E-state index in [4.69, 9.17) is 23.7 Å². The zero-order valence-electron chi connectivity index (χ0n) is 27.9. The summed E-state index contributed by atoms with van der Waals surface area (Å²) in [5, 5.41) is 13.0. The van der Waals surface area contributed by atoms with E-state index in [1.807, 2.05) is 20.8 Å². The standard InChI is InChI=1S/C35H44O12/c1-18-13-35(42)26(27(18)46-30(41)22-11-9-8-10-12-22)29(45-25(39)16-43-19(2)36)34(47-21(4)38)14-23-24(15-32(5,6)28(23)40)33(7,17-34)31(35)44-20(3)37/h8-12,18,23-24,26-27,29,31,42H,13-17H2,1-7H3/t18-,23+,24-,26+,27-,29+,31-,33+,34-,35+/m0/s1. The number of ketones is 1. The van der Waals surface area contributed by atoms with Crippen LogP contribution in [-0.4, -0.2) is 76.9 Å². The van der Waals surface area contributed by atoms with Crippen LogP contribution in [-0.2, 0) is 47.7 Å². The van der Waals surface area contributed by atoms with Gasteiger partial charge < -0.3 is 28.8 Å². The monoisotopic (exact) mass is 656 g/mol. The predicted molar refractivity (Wildman–Crippen MR) is 162 cm³/mol. The lowest BCUT2D eigenvalue weighted by Crippen LogP contribution is -2.60. The van der Waals surface area contributed by atoms with Crippen LogP contribution < -0.4 is 0 Å². The van der Waals surface area contributed by atoms with E-state index in [1.54, 1.807) is 37.3 Å². The molecule has 256 valence electrons. The number of carbonyl (C=O) groups is 6. The van der Waals surface area contributed by atoms with Crippen LogP contribution in [0.15, 0.2) is 30.3 Å². The Balaban J connectivity index is 1.75. The molecular weight excluding hydrogens is 612 g/mol. The Morgan fingerprint density at radius 2 is 1.53 bits per heavy atom. The molecule has 2 bridgehead atoms. The van der Waals surface area contributed by atoms with Crippen molar-refractivity contribution in [1.82, 2.24) is 0 Å². The normalized spacial score (nSPS) is 38.2. The minimum absolute atomic E-state index is 0.0409. The van der Waals surface area contributed by atoms with Gasteiger partial charge in [-0.25, -0.2) is 9.59 Å². The number of hydrogen-bond donors (Lipinski definition) is 1. The number of fused-ring (bicyclic) bond motifs is 5. The number of benzene rings is 1. The van der Waals surface area contributed by atoms with Gasteiger partial charge in [0.2, 0.25) is 0 Å². The molecule has 5 rings (SSSR count). The lowest BCUT2D eigenvalue weighted by atomic mass is 9.55. The molecule has 10 atom stereocenters. The summed E-state index contributed by atoms with van der Waals surface area (Å²) in [6.45, 7) is 10.0. The first kappa shape index (κ1) is 34.5. The Bertz CT molecular complexity index is 1470. The lowest BCUT2D eigenvalue weighted by Gasteiger charge is -2.54. The van der Waals surface area contributed by atoms with Crippen LogP contribution in [0.3, 0.4) is 0 Å². The summed E-state index contributed by atoms with van der Waals surface area (Å²) >= 11 is 0. The highest BCUT2D eigenvalue weighted by atomic mass is 16.6. The number of rotatable bonds is 7. The molecule has 1 aromatic carbocycles. The van der Waals surface area contributed by atoms with Crippen molar-refractivity contribution in [2.45, 2.75) is 104 Å². The van der Waals surface area contributed by atoms with E-state index in [0.29, 0.717) is 6.42 Å². The highest BCUT2D eigenvalue weighted by Crippen LogP contribution is 2.68. The van der Waals surface area contributed by atoms with Crippen LogP contribution in [0.25, 0.3) is 0 Å². The van der Waals surface area contributed by atoms with Gasteiger partial charge in [0.05, 0.1) is 11.5 Å². The predicted octanol–water partition coefficient (Wildman–Crippen LogP) is 3.35. The third kappa shape index (κ3) is 5.93. The molecule has 12 heteroatoms. The molecule has 0 heterocycles. The van der Waals surface area contributed by atoms with E-state index in [-0.39, 0.29) is 30.6 Å². The maximum atomic E-state index is 14.0. The Kier molecular flexibility index (Phi) is 8.83. The second kappa shape index (κ2) is 12.0. The SMILES string of the molecule is CC(=O)OCC(=O)O[C@@H]1[C@H]2[C@@H](OC(=O)c3ccccc3)[C@@H](C)C[C@]2(O)[C@@H](OC(C)=O)[C@]2(C)C[C@@]1(OC(C)=O)C[C@H]1C(=O)C(C)(C)C[C@@H]12. The average Bonchev–Trinajstić information content (AvgIpc) is 3.35. The molecule has 1 aromatic rings. The summed E-state index contributed by atoms with van der Waals surface area (Å²) < 4.78 is 29.4. The molecule has 0 spiro atoms. The molecule has 1 N–H and O–H groups in total. The van der Waals surface area contributed by atoms with Gasteiger partial charge in [-0.05, 0) is 36.8 Å². The molecule has 0 aromatic heterocycles. The van der Waals surface area contributed by atoms with Crippen molar-refractivity contribution in [3.8, 4) is 0 Å². The third-order valence-electron chi connectivity index (χ3n) is 10.9. The zero-order valence-corrected chi connectivity index (χ0v) is 27.9. The van der Waals surface area contributed by atoms with Gasteiger partial charge in [0.25, 0.3) is 0 Å². The van der Waals surface area contributed by atoms with E-state index in [1.165, 1.54) is 13.8 Å². The first-order valence-electron chi connectivity index (χ1n) is 16.1. The summed E-state index contributed by atoms with van der Waals surface area (Å²) in [5.41, 5.74) is -5.41. The van der Waals surface area contributed by atoms with E-state index in [9.17, 15) is 33.9 Å². The Morgan fingerprint density at radius 3 is 2.13 bits per heavy atom. The average molecular weight is 657 g/mol. The maximum absolute atomic E-state index is 14.0. The van der Waals surface area contributed by atoms with Gasteiger partial charge in [0.15, 0.2) is 18.3 Å². The molecule has 0 amide bonds. The molecule has 47 heavy (non-hydrogen) atoms. The summed E-state index contributed by atoms with van der Waals surface area (Å²) in [6.07, 6.45) is -3.62. The van der Waals surface area contributed by atoms with E-state index < -0.39 is 100 Å². The van der Waals surface area contributed by atoms with Crippen LogP contribution in [0.5, 0.6) is 0 Å². The molecule has 0 unspecified atom stereocenters. The van der Waals surface area contributed by atoms with Gasteiger partial charge in [-0.15, -0.1) is 0 Å². The van der Waals surface area contributed by atoms with Crippen LogP contribution >= 0.6 is 0 Å². The van der Waals surface area contributed by atoms with Crippen molar-refractivity contribution in [1.29, 1.82) is 0 Å². The van der Waals surface area contributed by atoms with Crippen molar-refractivity contribution in [3.63, 3.8) is 0 Å². The smallest absolute Gasteiger partial charge is 0.344 e. The van der Waals surface area contributed by atoms with Crippen molar-refractivity contribution in [2.24, 2.45) is 34.5 Å². The molecule has 0 radical (unpaired) electrons. The summed E-state index contributed by atoms with van der Waals surface area (Å²) in [6, 6.07) is 8.23. The first-order valence-corrected chi connectivity index (χ1v) is 16.1. The molecule has 0 saturated heterocycles. The fourth-order valence-corrected chi connectivity index (χ4v) is 9.45. The summed E-state index contributed by atoms with van der Waals surface area (Å²) in [4.78, 5) is 78.3. The van der Waals surface area contributed by atoms with Gasteiger partial charge in [-0.2, -0.15) is 0 Å². The Morgan fingerprint density at radius 1 is 0.872 bits per heavy atom. The molecular formula is C35H44O12. The number of ether oxygens (including phenoxy) is 5. The van der Waals surface area contributed by atoms with Crippen LogP contribution in [0.1, 0.15) is 84.5 Å². The number of carbonyl (C=O) groups excluding carboxylic acids is 6. The van der Waals surface area contributed by atoms with E-state index in [2.05, 4.69) is 0 Å². The van der Waals surface area contributed by atoms with Crippen molar-refractivity contribution in [3.05, 3.63) is 35.9 Å². The highest BCUT2D eigenvalue weighted by molar-refractivity contribution is 5.90. The van der Waals surface area contributed by atoms with Crippen molar-refractivity contribution in [2.75, 3.05) is 6.61 Å². The fourth-order valence-electron chi connectivity index (χ4n) is 9.45. The van der Waals surface area contributed by atoms with Crippen LogP contribution in [0.4, 0.5) is 0 Å². The van der Waals surface area contributed by atoms with E-state index in [0.717, 1.165) is 6.92 Å². The number of hydrogen-bond acceptors (Lipinski definition) is 12. The van der Waals surface area contributed by atoms with Crippen molar-refractivity contribution >= 4 is 35.6 Å². The number of aliphatic hydroxyl groups is 1. The molecule has 4 aliphatic carbocycles. The largest absolute Gasteiger partial charge is 0.459 e. The van der Waals surface area contributed by atoms with Gasteiger partial charge in [0, 0.05) is 50.4 Å². The molecule has 4 aliphatic rings. The molecule has 0 aliphatic heterocycles. The van der Waals surface area contributed by atoms with Crippen LogP contribution in [0.2, 0.25) is 0 Å². The van der Waals surface area contributed by atoms with Gasteiger partial charge >= 0.3 is 29.8 Å². The van der Waals surface area contributed by atoms with Crippen molar-refractivity contribution < 1.29 is 57.6 Å². The second-order valence-electron chi connectivity index (χ2n) is 14.8.